The van der Waals surface area contributed by atoms with Crippen molar-refractivity contribution in [3.63, 3.8) is 0 Å². The number of sulfonamides is 1. The fourth-order valence-corrected chi connectivity index (χ4v) is 2.81. The first-order valence-electron chi connectivity index (χ1n) is 6.08. The number of amides is 1. The molecule has 0 aliphatic carbocycles. The summed E-state index contributed by atoms with van der Waals surface area (Å²) in [5.74, 6) is -0.653. The SMILES string of the molecule is CN(C)CCCNS(=O)(=O)c1ccc(C(N)=O)cc1N. The van der Waals surface area contributed by atoms with E-state index in [1.807, 2.05) is 19.0 Å². The zero-order valence-electron chi connectivity index (χ0n) is 11.6. The number of nitrogens with zero attached hydrogens (tertiary/aromatic N) is 1. The molecule has 0 aliphatic rings. The molecule has 0 atom stereocenters. The van der Waals surface area contributed by atoms with E-state index in [0.29, 0.717) is 13.0 Å². The summed E-state index contributed by atoms with van der Waals surface area (Å²) in [6.07, 6.45) is 0.686. The molecule has 0 saturated heterocycles. The molecule has 1 aromatic carbocycles. The quantitative estimate of drug-likeness (QED) is 0.467. The highest BCUT2D eigenvalue weighted by atomic mass is 32.2. The van der Waals surface area contributed by atoms with E-state index in [9.17, 15) is 13.2 Å². The molecule has 8 heteroatoms. The summed E-state index contributed by atoms with van der Waals surface area (Å²) in [4.78, 5) is 12.9. The fourth-order valence-electron chi connectivity index (χ4n) is 1.63. The van der Waals surface area contributed by atoms with Crippen molar-refractivity contribution in [2.75, 3.05) is 32.9 Å². The normalized spacial score (nSPS) is 11.8. The van der Waals surface area contributed by atoms with Crippen LogP contribution in [0.5, 0.6) is 0 Å². The van der Waals surface area contributed by atoms with Gasteiger partial charge in [-0.05, 0) is 45.3 Å². The molecule has 1 aromatic rings. The Morgan fingerprint density at radius 1 is 1.35 bits per heavy atom. The lowest BCUT2D eigenvalue weighted by Gasteiger charge is -2.12. The molecule has 112 valence electrons. The van der Waals surface area contributed by atoms with Gasteiger partial charge in [-0.15, -0.1) is 0 Å². The minimum absolute atomic E-state index is 0.00131. The van der Waals surface area contributed by atoms with Crippen LogP contribution in [0.4, 0.5) is 5.69 Å². The fraction of sp³-hybridized carbons (Fsp3) is 0.417. The molecule has 0 fully saturated rings. The zero-order chi connectivity index (χ0) is 15.3. The summed E-state index contributed by atoms with van der Waals surface area (Å²) in [5, 5.41) is 0. The summed E-state index contributed by atoms with van der Waals surface area (Å²) in [6.45, 7) is 1.09. The maximum absolute atomic E-state index is 12.1. The number of benzene rings is 1. The van der Waals surface area contributed by atoms with Crippen molar-refractivity contribution in [1.29, 1.82) is 0 Å². The number of hydrogen-bond acceptors (Lipinski definition) is 5. The van der Waals surface area contributed by atoms with Crippen LogP contribution in [0.2, 0.25) is 0 Å². The second-order valence-electron chi connectivity index (χ2n) is 4.67. The van der Waals surface area contributed by atoms with E-state index in [1.165, 1.54) is 18.2 Å². The first-order chi connectivity index (χ1) is 9.24. The molecule has 0 aliphatic heterocycles. The third kappa shape index (κ3) is 4.48. The van der Waals surface area contributed by atoms with Crippen LogP contribution >= 0.6 is 0 Å². The highest BCUT2D eigenvalue weighted by Gasteiger charge is 2.17. The molecule has 0 saturated carbocycles. The Bertz CT molecular complexity index is 584. The highest BCUT2D eigenvalue weighted by molar-refractivity contribution is 7.89. The van der Waals surface area contributed by atoms with Gasteiger partial charge < -0.3 is 16.4 Å². The molecule has 1 amide bonds. The molecule has 0 spiro atoms. The topological polar surface area (TPSA) is 119 Å². The minimum Gasteiger partial charge on any atom is -0.398 e. The van der Waals surface area contributed by atoms with E-state index in [-0.39, 0.29) is 16.1 Å². The molecule has 5 N–H and O–H groups in total. The lowest BCUT2D eigenvalue weighted by molar-refractivity contribution is 0.1000. The van der Waals surface area contributed by atoms with E-state index >= 15 is 0 Å². The number of nitrogens with two attached hydrogens (primary N) is 2. The summed E-state index contributed by atoms with van der Waals surface area (Å²) < 4.78 is 26.6. The van der Waals surface area contributed by atoms with Crippen molar-refractivity contribution >= 4 is 21.6 Å². The smallest absolute Gasteiger partial charge is 0.248 e. The second kappa shape index (κ2) is 6.69. The minimum atomic E-state index is -3.68. The van der Waals surface area contributed by atoms with Gasteiger partial charge in [-0.1, -0.05) is 0 Å². The number of primary amides is 1. The molecule has 7 nitrogen and oxygen atoms in total. The third-order valence-corrected chi connectivity index (χ3v) is 4.19. The number of nitrogens with one attached hydrogen (secondary N) is 1. The van der Waals surface area contributed by atoms with E-state index < -0.39 is 15.9 Å². The highest BCUT2D eigenvalue weighted by Crippen LogP contribution is 2.19. The Labute approximate surface area is 119 Å². The van der Waals surface area contributed by atoms with Crippen molar-refractivity contribution in [1.82, 2.24) is 9.62 Å². The van der Waals surface area contributed by atoms with Gasteiger partial charge in [0.05, 0.1) is 5.69 Å². The third-order valence-electron chi connectivity index (χ3n) is 2.66. The molecular formula is C12H20N4O3S. The van der Waals surface area contributed by atoms with Crippen LogP contribution in [0.1, 0.15) is 16.8 Å². The largest absolute Gasteiger partial charge is 0.398 e. The first-order valence-corrected chi connectivity index (χ1v) is 7.56. The standard InChI is InChI=1S/C12H20N4O3S/c1-16(2)7-3-6-15-20(18,19)11-5-4-9(12(14)17)8-10(11)13/h4-5,8,15H,3,6-7,13H2,1-2H3,(H2,14,17). The van der Waals surface area contributed by atoms with Crippen LogP contribution in [-0.4, -0.2) is 46.4 Å². The molecule has 1 rings (SSSR count). The van der Waals surface area contributed by atoms with Gasteiger partial charge in [0.25, 0.3) is 0 Å². The van der Waals surface area contributed by atoms with E-state index in [1.54, 1.807) is 0 Å². The summed E-state index contributed by atoms with van der Waals surface area (Å²) >= 11 is 0. The summed E-state index contributed by atoms with van der Waals surface area (Å²) in [7, 11) is 0.147. The van der Waals surface area contributed by atoms with Crippen LogP contribution in [0, 0.1) is 0 Å². The van der Waals surface area contributed by atoms with Gasteiger partial charge >= 0.3 is 0 Å². The average Bonchev–Trinajstić information content (AvgIpc) is 2.34. The number of nitrogen functional groups attached to an aromatic ring is 1. The Balaban J connectivity index is 2.80. The molecule has 0 bridgehead atoms. The van der Waals surface area contributed by atoms with Gasteiger partial charge in [-0.2, -0.15) is 0 Å². The van der Waals surface area contributed by atoms with Crippen LogP contribution in [-0.2, 0) is 10.0 Å². The lowest BCUT2D eigenvalue weighted by Crippen LogP contribution is -2.28. The number of carbonyl (C=O) groups is 1. The van der Waals surface area contributed by atoms with E-state index in [0.717, 1.165) is 6.54 Å². The second-order valence-corrected chi connectivity index (χ2v) is 6.41. The van der Waals surface area contributed by atoms with Crippen molar-refractivity contribution in [2.45, 2.75) is 11.3 Å². The predicted octanol–water partition coefficient (Wildman–Crippen LogP) is -0.402. The number of carbonyl (C=O) groups excluding carboxylic acids is 1. The Kier molecular flexibility index (Phi) is 5.49. The van der Waals surface area contributed by atoms with Crippen LogP contribution in [0.15, 0.2) is 23.1 Å². The molecular weight excluding hydrogens is 280 g/mol. The summed E-state index contributed by atoms with van der Waals surface area (Å²) in [6, 6.07) is 3.88. The van der Waals surface area contributed by atoms with Gasteiger partial charge in [0.2, 0.25) is 15.9 Å². The molecule has 0 heterocycles. The van der Waals surface area contributed by atoms with Gasteiger partial charge in [0.15, 0.2) is 0 Å². The van der Waals surface area contributed by atoms with Gasteiger partial charge in [0, 0.05) is 12.1 Å². The first kappa shape index (κ1) is 16.4. The lowest BCUT2D eigenvalue weighted by atomic mass is 10.2. The monoisotopic (exact) mass is 300 g/mol. The summed E-state index contributed by atoms with van der Waals surface area (Å²) in [5.41, 5.74) is 10.9. The molecule has 0 unspecified atom stereocenters. The van der Waals surface area contributed by atoms with Crippen molar-refractivity contribution in [3.8, 4) is 0 Å². The van der Waals surface area contributed by atoms with E-state index in [4.69, 9.17) is 11.5 Å². The van der Waals surface area contributed by atoms with Gasteiger partial charge in [-0.3, -0.25) is 4.79 Å². The molecule has 0 radical (unpaired) electrons. The van der Waals surface area contributed by atoms with Crippen molar-refractivity contribution in [3.05, 3.63) is 23.8 Å². The Morgan fingerprint density at radius 2 is 2.00 bits per heavy atom. The maximum atomic E-state index is 12.1. The maximum Gasteiger partial charge on any atom is 0.248 e. The van der Waals surface area contributed by atoms with Crippen LogP contribution in [0.25, 0.3) is 0 Å². The predicted molar refractivity (Wildman–Crippen MR) is 77.7 cm³/mol. The average molecular weight is 300 g/mol. The van der Waals surface area contributed by atoms with Crippen LogP contribution in [0.3, 0.4) is 0 Å². The van der Waals surface area contributed by atoms with Crippen LogP contribution < -0.4 is 16.2 Å². The van der Waals surface area contributed by atoms with Gasteiger partial charge in [-0.25, -0.2) is 13.1 Å². The number of rotatable bonds is 7. The molecule has 20 heavy (non-hydrogen) atoms. The van der Waals surface area contributed by atoms with E-state index in [2.05, 4.69) is 4.72 Å². The van der Waals surface area contributed by atoms with Gasteiger partial charge in [0.1, 0.15) is 4.90 Å². The zero-order valence-corrected chi connectivity index (χ0v) is 12.4. The Hall–Kier alpha value is -1.64. The molecule has 0 aromatic heterocycles. The number of hydrogen-bond donors (Lipinski definition) is 3. The number of anilines is 1. The Morgan fingerprint density at radius 3 is 2.50 bits per heavy atom. The van der Waals surface area contributed by atoms with Crippen molar-refractivity contribution in [2.24, 2.45) is 5.73 Å². The van der Waals surface area contributed by atoms with Crippen molar-refractivity contribution < 1.29 is 13.2 Å².